The Hall–Kier alpha value is -2.55. The van der Waals surface area contributed by atoms with Crippen molar-refractivity contribution >= 4 is 23.6 Å². The fraction of sp³-hybridized carbons (Fsp3) is 0.444. The lowest BCUT2D eigenvalue weighted by molar-refractivity contribution is -0.120. The number of ether oxygens (including phenoxy) is 1. The summed E-state index contributed by atoms with van der Waals surface area (Å²) in [4.78, 5) is 23.2. The molecule has 0 bridgehead atoms. The largest absolute Gasteiger partial charge is 0.497 e. The molecule has 2 aromatic rings. The molecule has 0 saturated carbocycles. The van der Waals surface area contributed by atoms with Crippen LogP contribution in [-0.4, -0.2) is 45.5 Å². The highest BCUT2D eigenvalue weighted by atomic mass is 32.2. The molecule has 1 aromatic carbocycles. The molecule has 8 nitrogen and oxygen atoms in total. The van der Waals surface area contributed by atoms with Crippen molar-refractivity contribution in [3.8, 4) is 5.75 Å². The van der Waals surface area contributed by atoms with Crippen LogP contribution in [-0.2, 0) is 29.5 Å². The van der Waals surface area contributed by atoms with Crippen molar-refractivity contribution in [2.24, 2.45) is 12.8 Å². The number of rotatable bonds is 10. The van der Waals surface area contributed by atoms with E-state index in [4.69, 9.17) is 10.5 Å². The minimum Gasteiger partial charge on any atom is -0.497 e. The molecule has 0 radical (unpaired) electrons. The van der Waals surface area contributed by atoms with Crippen LogP contribution in [0.15, 0.2) is 29.4 Å². The normalized spacial score (nSPS) is 11.8. The Morgan fingerprint density at radius 2 is 1.96 bits per heavy atom. The molecule has 146 valence electrons. The van der Waals surface area contributed by atoms with Crippen molar-refractivity contribution in [1.82, 2.24) is 20.1 Å². The number of hydrogen-bond donors (Lipinski definition) is 2. The molecule has 1 atom stereocenters. The first-order valence-electron chi connectivity index (χ1n) is 8.64. The van der Waals surface area contributed by atoms with Crippen molar-refractivity contribution < 1.29 is 14.3 Å². The molecule has 0 aliphatic heterocycles. The minimum absolute atomic E-state index is 0.0600. The van der Waals surface area contributed by atoms with Crippen molar-refractivity contribution in [1.29, 1.82) is 0 Å². The number of carbonyl (C=O) groups excluding carboxylic acids is 2. The van der Waals surface area contributed by atoms with Gasteiger partial charge in [0.15, 0.2) is 5.16 Å². The highest BCUT2D eigenvalue weighted by Gasteiger charge is 2.18. The van der Waals surface area contributed by atoms with Gasteiger partial charge >= 0.3 is 0 Å². The molecule has 9 heteroatoms. The molecule has 27 heavy (non-hydrogen) atoms. The summed E-state index contributed by atoms with van der Waals surface area (Å²) >= 11 is 1.33. The summed E-state index contributed by atoms with van der Waals surface area (Å²) in [5.74, 6) is 1.04. The summed E-state index contributed by atoms with van der Waals surface area (Å²) in [5.41, 5.74) is 6.29. The zero-order chi connectivity index (χ0) is 19.8. The van der Waals surface area contributed by atoms with E-state index in [2.05, 4.69) is 15.5 Å². The Bertz CT molecular complexity index is 776. The van der Waals surface area contributed by atoms with E-state index in [1.165, 1.54) is 11.8 Å². The average molecular weight is 391 g/mol. The molecule has 0 saturated heterocycles. The number of nitrogens with one attached hydrogen (secondary N) is 1. The van der Waals surface area contributed by atoms with Crippen LogP contribution in [0.25, 0.3) is 0 Å². The lowest BCUT2D eigenvalue weighted by Gasteiger charge is -2.12. The van der Waals surface area contributed by atoms with Gasteiger partial charge in [-0.25, -0.2) is 0 Å². The van der Waals surface area contributed by atoms with Gasteiger partial charge in [-0.05, 0) is 31.0 Å². The summed E-state index contributed by atoms with van der Waals surface area (Å²) in [6, 6.07) is 7.77. The van der Waals surface area contributed by atoms with Crippen LogP contribution in [0.5, 0.6) is 5.75 Å². The fourth-order valence-corrected chi connectivity index (χ4v) is 3.24. The first kappa shape index (κ1) is 20.8. The van der Waals surface area contributed by atoms with Crippen molar-refractivity contribution in [3.05, 3.63) is 35.7 Å². The number of aromatic nitrogens is 3. The van der Waals surface area contributed by atoms with Crippen LogP contribution in [0.2, 0.25) is 0 Å². The molecule has 1 heterocycles. The van der Waals surface area contributed by atoms with Crippen LogP contribution in [0.4, 0.5) is 0 Å². The highest BCUT2D eigenvalue weighted by molar-refractivity contribution is 8.00. The Morgan fingerprint density at radius 1 is 1.26 bits per heavy atom. The van der Waals surface area contributed by atoms with E-state index in [0.717, 1.165) is 17.7 Å². The minimum atomic E-state index is -0.378. The molecule has 0 spiro atoms. The van der Waals surface area contributed by atoms with Gasteiger partial charge in [0.1, 0.15) is 11.6 Å². The number of thioether (sulfide) groups is 1. The number of benzene rings is 1. The third-order valence-electron chi connectivity index (χ3n) is 4.04. The van der Waals surface area contributed by atoms with Crippen molar-refractivity contribution in [2.45, 2.75) is 36.6 Å². The molecule has 3 N–H and O–H groups in total. The van der Waals surface area contributed by atoms with Gasteiger partial charge in [-0.2, -0.15) is 0 Å². The third-order valence-corrected chi connectivity index (χ3v) is 5.18. The second kappa shape index (κ2) is 9.96. The summed E-state index contributed by atoms with van der Waals surface area (Å²) in [6.45, 7) is 2.38. The van der Waals surface area contributed by atoms with Gasteiger partial charge in [0.05, 0.1) is 12.4 Å². The van der Waals surface area contributed by atoms with E-state index in [9.17, 15) is 9.59 Å². The predicted octanol–water partition coefficient (Wildman–Crippen LogP) is 1.08. The van der Waals surface area contributed by atoms with Gasteiger partial charge in [-0.1, -0.05) is 23.9 Å². The number of hydrogen-bond acceptors (Lipinski definition) is 6. The average Bonchev–Trinajstić information content (AvgIpc) is 3.00. The van der Waals surface area contributed by atoms with E-state index in [1.54, 1.807) is 11.7 Å². The van der Waals surface area contributed by atoms with Gasteiger partial charge in [-0.3, -0.25) is 9.59 Å². The zero-order valence-corrected chi connectivity index (χ0v) is 16.6. The van der Waals surface area contributed by atoms with Crippen LogP contribution < -0.4 is 15.8 Å². The Kier molecular flexibility index (Phi) is 7.66. The number of aryl methyl sites for hydroxylation is 1. The SMILES string of the molecule is COc1ccc(CCNC(=O)[C@@H](C)Sc2nnc(CCC(N)=O)n2C)cc1. The number of carbonyl (C=O) groups is 2. The molecular weight excluding hydrogens is 366 g/mol. The second-order valence-corrected chi connectivity index (χ2v) is 7.38. The first-order valence-corrected chi connectivity index (χ1v) is 9.52. The molecule has 0 fully saturated rings. The van der Waals surface area contributed by atoms with Crippen LogP contribution in [0.1, 0.15) is 24.7 Å². The number of nitrogens with two attached hydrogens (primary N) is 1. The maximum absolute atomic E-state index is 12.3. The lowest BCUT2D eigenvalue weighted by Crippen LogP contribution is -2.32. The summed E-state index contributed by atoms with van der Waals surface area (Å²) in [6.07, 6.45) is 1.40. The van der Waals surface area contributed by atoms with E-state index in [0.29, 0.717) is 23.9 Å². The van der Waals surface area contributed by atoms with Crippen LogP contribution in [0, 0.1) is 0 Å². The van der Waals surface area contributed by atoms with E-state index >= 15 is 0 Å². The predicted molar refractivity (Wildman–Crippen MR) is 104 cm³/mol. The van der Waals surface area contributed by atoms with Gasteiger partial charge < -0.3 is 20.4 Å². The number of nitrogens with zero attached hydrogens (tertiary/aromatic N) is 3. The fourth-order valence-electron chi connectivity index (χ4n) is 2.38. The topological polar surface area (TPSA) is 112 Å². The summed E-state index contributed by atoms with van der Waals surface area (Å²) in [5, 5.41) is 11.4. The molecule has 2 rings (SSSR count). The lowest BCUT2D eigenvalue weighted by atomic mass is 10.1. The van der Waals surface area contributed by atoms with Gasteiger partial charge in [0, 0.05) is 26.4 Å². The summed E-state index contributed by atoms with van der Waals surface area (Å²) in [7, 11) is 3.44. The Labute approximate surface area is 162 Å². The molecular formula is C18H25N5O3S. The van der Waals surface area contributed by atoms with E-state index in [1.807, 2.05) is 38.2 Å². The third kappa shape index (κ3) is 6.28. The quantitative estimate of drug-likeness (QED) is 0.586. The summed E-state index contributed by atoms with van der Waals surface area (Å²) < 4.78 is 6.92. The number of primary amides is 1. The standard InChI is InChI=1S/C18H25N5O3S/c1-12(27-18-22-21-16(23(18)2)9-8-15(19)24)17(25)20-11-10-13-4-6-14(26-3)7-5-13/h4-7,12H,8-11H2,1-3H3,(H2,19,24)(H,20,25)/t12-/m1/s1. The Balaban J connectivity index is 1.80. The monoisotopic (exact) mass is 391 g/mol. The second-order valence-electron chi connectivity index (χ2n) is 6.07. The molecule has 2 amide bonds. The van der Waals surface area contributed by atoms with Crippen LogP contribution >= 0.6 is 11.8 Å². The van der Waals surface area contributed by atoms with Gasteiger partial charge in [0.2, 0.25) is 11.8 Å². The van der Waals surface area contributed by atoms with Crippen LogP contribution in [0.3, 0.4) is 0 Å². The highest BCUT2D eigenvalue weighted by Crippen LogP contribution is 2.21. The van der Waals surface area contributed by atoms with Crippen molar-refractivity contribution in [2.75, 3.05) is 13.7 Å². The molecule has 0 aliphatic rings. The van der Waals surface area contributed by atoms with E-state index < -0.39 is 0 Å². The molecule has 0 unspecified atom stereocenters. The van der Waals surface area contributed by atoms with Gasteiger partial charge in [-0.15, -0.1) is 10.2 Å². The Morgan fingerprint density at radius 3 is 2.59 bits per heavy atom. The maximum Gasteiger partial charge on any atom is 0.233 e. The zero-order valence-electron chi connectivity index (χ0n) is 15.8. The van der Waals surface area contributed by atoms with E-state index in [-0.39, 0.29) is 23.5 Å². The smallest absolute Gasteiger partial charge is 0.233 e. The molecule has 0 aliphatic carbocycles. The van der Waals surface area contributed by atoms with Gasteiger partial charge in [0.25, 0.3) is 0 Å². The van der Waals surface area contributed by atoms with Crippen molar-refractivity contribution in [3.63, 3.8) is 0 Å². The maximum atomic E-state index is 12.3. The number of methoxy groups -OCH3 is 1. The first-order chi connectivity index (χ1) is 12.9. The molecule has 1 aromatic heterocycles. The number of amides is 2.